The van der Waals surface area contributed by atoms with Gasteiger partial charge in [-0.3, -0.25) is 4.90 Å². The van der Waals surface area contributed by atoms with Crippen molar-refractivity contribution in [1.29, 1.82) is 0 Å². The molecule has 0 radical (unpaired) electrons. The Morgan fingerprint density at radius 1 is 1.40 bits per heavy atom. The summed E-state index contributed by atoms with van der Waals surface area (Å²) in [4.78, 5) is 2.21. The quantitative estimate of drug-likeness (QED) is 0.869. The van der Waals surface area contributed by atoms with Gasteiger partial charge in [0, 0.05) is 18.2 Å². The molecule has 4 atom stereocenters. The molecule has 2 N–H and O–H groups in total. The molecule has 112 valence electrons. The molecule has 0 aliphatic carbocycles. The second-order valence-electron chi connectivity index (χ2n) is 5.95. The Kier molecular flexibility index (Phi) is 5.13. The van der Waals surface area contributed by atoms with Gasteiger partial charge in [0.05, 0.1) is 12.7 Å². The van der Waals surface area contributed by atoms with Gasteiger partial charge in [-0.15, -0.1) is 0 Å². The Labute approximate surface area is 120 Å². The van der Waals surface area contributed by atoms with E-state index in [1.165, 1.54) is 6.07 Å². The molecular weight excluding hydrogens is 257 g/mol. The number of hydrogen-bond donors (Lipinski definition) is 2. The van der Waals surface area contributed by atoms with Crippen LogP contribution in [0.15, 0.2) is 24.3 Å². The molecule has 1 fully saturated rings. The van der Waals surface area contributed by atoms with Crippen LogP contribution in [0.2, 0.25) is 0 Å². The predicted octanol–water partition coefficient (Wildman–Crippen LogP) is 2.20. The van der Waals surface area contributed by atoms with E-state index in [9.17, 15) is 14.6 Å². The molecule has 1 aliphatic rings. The lowest BCUT2D eigenvalue weighted by Crippen LogP contribution is -2.39. The third-order valence-corrected chi connectivity index (χ3v) is 4.47. The van der Waals surface area contributed by atoms with E-state index in [1.54, 1.807) is 18.2 Å². The van der Waals surface area contributed by atoms with Gasteiger partial charge in [0.2, 0.25) is 0 Å². The number of halogens is 1. The first-order valence-corrected chi connectivity index (χ1v) is 7.32. The van der Waals surface area contributed by atoms with Gasteiger partial charge in [-0.25, -0.2) is 4.39 Å². The van der Waals surface area contributed by atoms with Crippen LogP contribution in [-0.2, 0) is 0 Å². The molecule has 2 rings (SSSR count). The average Bonchev–Trinajstić information content (AvgIpc) is 2.78. The standard InChI is InChI=1S/C16H24FNO2/c1-11-7-8-18(15(11)10-19)9-12(2)16(20)13-5-3-4-6-14(13)17/h3-6,11-12,15-16,19-20H,7-10H2,1-2H3. The van der Waals surface area contributed by atoms with Gasteiger partial charge in [-0.2, -0.15) is 0 Å². The molecule has 1 aliphatic heterocycles. The van der Waals surface area contributed by atoms with E-state index in [1.807, 2.05) is 6.92 Å². The predicted molar refractivity (Wildman–Crippen MR) is 76.8 cm³/mol. The molecule has 20 heavy (non-hydrogen) atoms. The van der Waals surface area contributed by atoms with Gasteiger partial charge in [0.15, 0.2) is 0 Å². The van der Waals surface area contributed by atoms with Crippen molar-refractivity contribution in [3.8, 4) is 0 Å². The zero-order valence-electron chi connectivity index (χ0n) is 12.2. The number of rotatable bonds is 5. The minimum atomic E-state index is -0.813. The largest absolute Gasteiger partial charge is 0.395 e. The van der Waals surface area contributed by atoms with Crippen LogP contribution >= 0.6 is 0 Å². The molecule has 0 saturated carbocycles. The van der Waals surface area contributed by atoms with E-state index in [0.717, 1.165) is 13.0 Å². The summed E-state index contributed by atoms with van der Waals surface area (Å²) in [6.45, 7) is 5.81. The fourth-order valence-corrected chi connectivity index (χ4v) is 3.10. The van der Waals surface area contributed by atoms with Crippen LogP contribution in [0.25, 0.3) is 0 Å². The second kappa shape index (κ2) is 6.66. The first-order valence-electron chi connectivity index (χ1n) is 7.32. The van der Waals surface area contributed by atoms with Gasteiger partial charge >= 0.3 is 0 Å². The van der Waals surface area contributed by atoms with Crippen molar-refractivity contribution in [1.82, 2.24) is 4.90 Å². The maximum atomic E-state index is 13.7. The molecule has 1 aromatic rings. The minimum absolute atomic E-state index is 0.0775. The van der Waals surface area contributed by atoms with Crippen LogP contribution in [0.1, 0.15) is 31.9 Å². The van der Waals surface area contributed by atoms with Crippen LogP contribution in [0.5, 0.6) is 0 Å². The van der Waals surface area contributed by atoms with Gasteiger partial charge in [0.25, 0.3) is 0 Å². The Morgan fingerprint density at radius 2 is 2.10 bits per heavy atom. The summed E-state index contributed by atoms with van der Waals surface area (Å²) in [7, 11) is 0. The first kappa shape index (κ1) is 15.4. The van der Waals surface area contributed by atoms with Crippen molar-refractivity contribution in [2.24, 2.45) is 11.8 Å². The van der Waals surface area contributed by atoms with Crippen LogP contribution in [0, 0.1) is 17.7 Å². The number of likely N-dealkylation sites (tertiary alicyclic amines) is 1. The third-order valence-electron chi connectivity index (χ3n) is 4.47. The average molecular weight is 281 g/mol. The van der Waals surface area contributed by atoms with Crippen LogP contribution < -0.4 is 0 Å². The highest BCUT2D eigenvalue weighted by atomic mass is 19.1. The molecule has 0 aromatic heterocycles. The Hall–Kier alpha value is -0.970. The lowest BCUT2D eigenvalue weighted by molar-refractivity contribution is 0.0650. The van der Waals surface area contributed by atoms with Crippen molar-refractivity contribution in [2.75, 3.05) is 19.7 Å². The number of hydrogen-bond acceptors (Lipinski definition) is 3. The summed E-state index contributed by atoms with van der Waals surface area (Å²) in [6.07, 6.45) is 0.250. The van der Waals surface area contributed by atoms with E-state index in [-0.39, 0.29) is 24.4 Å². The van der Waals surface area contributed by atoms with Gasteiger partial charge < -0.3 is 10.2 Å². The monoisotopic (exact) mass is 281 g/mol. The number of aliphatic hydroxyl groups is 2. The van der Waals surface area contributed by atoms with E-state index in [4.69, 9.17) is 0 Å². The number of nitrogens with zero attached hydrogens (tertiary/aromatic N) is 1. The summed E-state index contributed by atoms with van der Waals surface area (Å²) in [5.74, 6) is 0.0319. The normalized spacial score (nSPS) is 26.6. The van der Waals surface area contributed by atoms with Gasteiger partial charge in [-0.1, -0.05) is 32.0 Å². The van der Waals surface area contributed by atoms with E-state index in [2.05, 4.69) is 11.8 Å². The molecule has 4 heteroatoms. The molecule has 0 spiro atoms. The lowest BCUT2D eigenvalue weighted by atomic mass is 9.96. The van der Waals surface area contributed by atoms with Gasteiger partial charge in [-0.05, 0) is 30.9 Å². The van der Waals surface area contributed by atoms with Crippen molar-refractivity contribution in [3.05, 3.63) is 35.6 Å². The Bertz CT molecular complexity index is 440. The molecule has 1 heterocycles. The van der Waals surface area contributed by atoms with Crippen molar-refractivity contribution >= 4 is 0 Å². The molecule has 1 saturated heterocycles. The van der Waals surface area contributed by atoms with E-state index < -0.39 is 6.10 Å². The zero-order valence-corrected chi connectivity index (χ0v) is 12.2. The van der Waals surface area contributed by atoms with Gasteiger partial charge in [0.1, 0.15) is 5.82 Å². The smallest absolute Gasteiger partial charge is 0.129 e. The lowest BCUT2D eigenvalue weighted by Gasteiger charge is -2.30. The molecular formula is C16H24FNO2. The van der Waals surface area contributed by atoms with Crippen molar-refractivity contribution < 1.29 is 14.6 Å². The fourth-order valence-electron chi connectivity index (χ4n) is 3.10. The first-order chi connectivity index (χ1) is 9.54. The molecule has 3 nitrogen and oxygen atoms in total. The summed E-state index contributed by atoms with van der Waals surface area (Å²) < 4.78 is 13.7. The molecule has 0 bridgehead atoms. The summed E-state index contributed by atoms with van der Waals surface area (Å²) in [5.41, 5.74) is 0.354. The van der Waals surface area contributed by atoms with E-state index >= 15 is 0 Å². The molecule has 1 aromatic carbocycles. The van der Waals surface area contributed by atoms with E-state index in [0.29, 0.717) is 18.0 Å². The highest BCUT2D eigenvalue weighted by molar-refractivity contribution is 5.20. The van der Waals surface area contributed by atoms with Crippen molar-refractivity contribution in [3.63, 3.8) is 0 Å². The Balaban J connectivity index is 2.01. The highest BCUT2D eigenvalue weighted by Crippen LogP contribution is 2.29. The van der Waals surface area contributed by atoms with Crippen molar-refractivity contribution in [2.45, 2.75) is 32.4 Å². The maximum absolute atomic E-state index is 13.7. The highest BCUT2D eigenvalue weighted by Gasteiger charge is 2.32. The third kappa shape index (κ3) is 3.19. The number of aliphatic hydroxyl groups excluding tert-OH is 2. The zero-order chi connectivity index (χ0) is 14.7. The molecule has 0 amide bonds. The minimum Gasteiger partial charge on any atom is -0.395 e. The van der Waals surface area contributed by atoms with Crippen LogP contribution in [0.3, 0.4) is 0 Å². The summed E-state index contributed by atoms with van der Waals surface area (Å²) >= 11 is 0. The number of benzene rings is 1. The Morgan fingerprint density at radius 3 is 2.75 bits per heavy atom. The molecule has 4 unspecified atom stereocenters. The fraction of sp³-hybridized carbons (Fsp3) is 0.625. The van der Waals surface area contributed by atoms with Crippen LogP contribution in [-0.4, -0.2) is 40.9 Å². The summed E-state index contributed by atoms with van der Waals surface area (Å²) in [6, 6.07) is 6.53. The topological polar surface area (TPSA) is 43.7 Å². The summed E-state index contributed by atoms with van der Waals surface area (Å²) in [5, 5.41) is 19.8. The SMILES string of the molecule is CC(CN1CCC(C)C1CO)C(O)c1ccccc1F. The van der Waals surface area contributed by atoms with Crippen LogP contribution in [0.4, 0.5) is 4.39 Å². The second-order valence-corrected chi connectivity index (χ2v) is 5.95. The maximum Gasteiger partial charge on any atom is 0.129 e.